The minimum atomic E-state index is 0.733. The lowest BCUT2D eigenvalue weighted by Gasteiger charge is -2.21. The van der Waals surface area contributed by atoms with E-state index in [2.05, 4.69) is 19.1 Å². The van der Waals surface area contributed by atoms with Crippen LogP contribution < -0.4 is 4.74 Å². The van der Waals surface area contributed by atoms with Crippen molar-refractivity contribution in [3.63, 3.8) is 0 Å². The van der Waals surface area contributed by atoms with Crippen molar-refractivity contribution < 1.29 is 4.74 Å². The van der Waals surface area contributed by atoms with Crippen LogP contribution in [0.5, 0.6) is 5.75 Å². The first kappa shape index (κ1) is 13.1. The van der Waals surface area contributed by atoms with Gasteiger partial charge in [0.2, 0.25) is 0 Å². The SMILES string of the molecule is COc1ccc(CN=C(C)C2CCCCC2)cc1. The smallest absolute Gasteiger partial charge is 0.118 e. The molecule has 0 atom stereocenters. The van der Waals surface area contributed by atoms with Gasteiger partial charge in [0.25, 0.3) is 0 Å². The van der Waals surface area contributed by atoms with Gasteiger partial charge < -0.3 is 4.74 Å². The number of nitrogens with zero attached hydrogens (tertiary/aromatic N) is 1. The largest absolute Gasteiger partial charge is 0.497 e. The van der Waals surface area contributed by atoms with Crippen molar-refractivity contribution in [3.8, 4) is 5.75 Å². The highest BCUT2D eigenvalue weighted by Gasteiger charge is 2.15. The molecule has 18 heavy (non-hydrogen) atoms. The van der Waals surface area contributed by atoms with Crippen LogP contribution in [-0.2, 0) is 6.54 Å². The molecule has 0 radical (unpaired) electrons. The number of aliphatic imine (C=N–C) groups is 1. The molecule has 0 amide bonds. The van der Waals surface area contributed by atoms with Gasteiger partial charge in [0.05, 0.1) is 13.7 Å². The van der Waals surface area contributed by atoms with Gasteiger partial charge in [0.15, 0.2) is 0 Å². The Kier molecular flexibility index (Phi) is 4.80. The van der Waals surface area contributed by atoms with Gasteiger partial charge in [-0.25, -0.2) is 0 Å². The molecule has 0 saturated heterocycles. The molecule has 0 aliphatic heterocycles. The third kappa shape index (κ3) is 3.59. The Hall–Kier alpha value is -1.31. The lowest BCUT2D eigenvalue weighted by molar-refractivity contribution is 0.414. The van der Waals surface area contributed by atoms with Crippen LogP contribution in [-0.4, -0.2) is 12.8 Å². The van der Waals surface area contributed by atoms with Crippen molar-refractivity contribution in [2.45, 2.75) is 45.6 Å². The zero-order chi connectivity index (χ0) is 12.8. The van der Waals surface area contributed by atoms with Crippen LogP contribution in [0.1, 0.15) is 44.6 Å². The highest BCUT2D eigenvalue weighted by molar-refractivity contribution is 5.84. The quantitative estimate of drug-likeness (QED) is 0.727. The molecule has 1 saturated carbocycles. The molecule has 0 unspecified atom stereocenters. The summed E-state index contributed by atoms with van der Waals surface area (Å²) in [6, 6.07) is 8.19. The zero-order valence-corrected chi connectivity index (χ0v) is 11.5. The van der Waals surface area contributed by atoms with E-state index in [0.29, 0.717) is 0 Å². The molecule has 1 fully saturated rings. The summed E-state index contributed by atoms with van der Waals surface area (Å²) >= 11 is 0. The van der Waals surface area contributed by atoms with Gasteiger partial charge in [-0.15, -0.1) is 0 Å². The van der Waals surface area contributed by atoms with E-state index in [1.165, 1.54) is 43.4 Å². The first-order chi connectivity index (χ1) is 8.79. The molecule has 1 aliphatic carbocycles. The van der Waals surface area contributed by atoms with Crippen LogP contribution in [0.4, 0.5) is 0 Å². The highest BCUT2D eigenvalue weighted by Crippen LogP contribution is 2.25. The van der Waals surface area contributed by atoms with E-state index in [9.17, 15) is 0 Å². The Balaban J connectivity index is 1.91. The van der Waals surface area contributed by atoms with E-state index in [0.717, 1.165) is 18.2 Å². The van der Waals surface area contributed by atoms with Crippen LogP contribution in [0.2, 0.25) is 0 Å². The van der Waals surface area contributed by atoms with Gasteiger partial charge in [-0.1, -0.05) is 31.4 Å². The van der Waals surface area contributed by atoms with Gasteiger partial charge in [-0.2, -0.15) is 0 Å². The molecule has 0 aromatic heterocycles. The summed E-state index contributed by atoms with van der Waals surface area (Å²) in [4.78, 5) is 4.75. The molecular formula is C16H23NO. The van der Waals surface area contributed by atoms with E-state index >= 15 is 0 Å². The van der Waals surface area contributed by atoms with E-state index in [1.807, 2.05) is 12.1 Å². The minimum absolute atomic E-state index is 0.733. The number of benzene rings is 1. The van der Waals surface area contributed by atoms with Crippen molar-refractivity contribution in [1.29, 1.82) is 0 Å². The summed E-state index contributed by atoms with van der Waals surface area (Å²) in [5.41, 5.74) is 2.59. The first-order valence-electron chi connectivity index (χ1n) is 6.93. The molecule has 1 aromatic rings. The summed E-state index contributed by atoms with van der Waals surface area (Å²) in [6.07, 6.45) is 6.82. The van der Waals surface area contributed by atoms with Crippen LogP contribution in [0.15, 0.2) is 29.3 Å². The molecule has 1 aliphatic rings. The molecule has 2 rings (SSSR count). The van der Waals surface area contributed by atoms with E-state index in [-0.39, 0.29) is 0 Å². The normalized spacial score (nSPS) is 17.8. The van der Waals surface area contributed by atoms with Crippen LogP contribution in [0.3, 0.4) is 0 Å². The van der Waals surface area contributed by atoms with Gasteiger partial charge in [0, 0.05) is 5.71 Å². The standard InChI is InChI=1S/C16H23NO/c1-13(15-6-4-3-5-7-15)17-12-14-8-10-16(18-2)11-9-14/h8-11,15H,3-7,12H2,1-2H3. The molecule has 2 heteroatoms. The topological polar surface area (TPSA) is 21.6 Å². The fourth-order valence-corrected chi connectivity index (χ4v) is 2.60. The Labute approximate surface area is 110 Å². The van der Waals surface area contributed by atoms with E-state index < -0.39 is 0 Å². The predicted molar refractivity (Wildman–Crippen MR) is 76.4 cm³/mol. The van der Waals surface area contributed by atoms with Crippen molar-refractivity contribution in [3.05, 3.63) is 29.8 Å². The molecule has 0 spiro atoms. The summed E-state index contributed by atoms with van der Waals surface area (Å²) in [5, 5.41) is 0. The number of hydrogen-bond acceptors (Lipinski definition) is 2. The Morgan fingerprint density at radius 3 is 2.44 bits per heavy atom. The van der Waals surface area contributed by atoms with Crippen molar-refractivity contribution in [2.24, 2.45) is 10.9 Å². The maximum atomic E-state index is 5.15. The fourth-order valence-electron chi connectivity index (χ4n) is 2.60. The number of rotatable bonds is 4. The molecule has 1 aromatic carbocycles. The average Bonchev–Trinajstić information content (AvgIpc) is 2.46. The van der Waals surface area contributed by atoms with Gasteiger partial charge in [-0.05, 0) is 43.4 Å². The average molecular weight is 245 g/mol. The fraction of sp³-hybridized carbons (Fsp3) is 0.562. The monoisotopic (exact) mass is 245 g/mol. The predicted octanol–water partition coefficient (Wildman–Crippen LogP) is 4.24. The Morgan fingerprint density at radius 1 is 1.17 bits per heavy atom. The van der Waals surface area contributed by atoms with Gasteiger partial charge >= 0.3 is 0 Å². The summed E-state index contributed by atoms with van der Waals surface area (Å²) < 4.78 is 5.15. The molecular weight excluding hydrogens is 222 g/mol. The second-order valence-electron chi connectivity index (χ2n) is 5.14. The maximum absolute atomic E-state index is 5.15. The van der Waals surface area contributed by atoms with Crippen molar-refractivity contribution in [1.82, 2.24) is 0 Å². The van der Waals surface area contributed by atoms with Crippen molar-refractivity contribution in [2.75, 3.05) is 7.11 Å². The van der Waals surface area contributed by atoms with E-state index in [1.54, 1.807) is 7.11 Å². The van der Waals surface area contributed by atoms with Crippen LogP contribution >= 0.6 is 0 Å². The summed E-state index contributed by atoms with van der Waals surface area (Å²) in [5.74, 6) is 1.64. The molecule has 0 N–H and O–H groups in total. The van der Waals surface area contributed by atoms with Crippen LogP contribution in [0.25, 0.3) is 0 Å². The molecule has 0 bridgehead atoms. The van der Waals surface area contributed by atoms with E-state index in [4.69, 9.17) is 9.73 Å². The highest BCUT2D eigenvalue weighted by atomic mass is 16.5. The van der Waals surface area contributed by atoms with Gasteiger partial charge in [0.1, 0.15) is 5.75 Å². The number of hydrogen-bond donors (Lipinski definition) is 0. The van der Waals surface area contributed by atoms with Crippen LogP contribution in [0, 0.1) is 5.92 Å². The third-order valence-electron chi connectivity index (χ3n) is 3.87. The lowest BCUT2D eigenvalue weighted by atomic mass is 9.86. The first-order valence-corrected chi connectivity index (χ1v) is 6.93. The second-order valence-corrected chi connectivity index (χ2v) is 5.14. The maximum Gasteiger partial charge on any atom is 0.118 e. The molecule has 2 nitrogen and oxygen atoms in total. The third-order valence-corrected chi connectivity index (χ3v) is 3.87. The Bertz CT molecular complexity index is 388. The van der Waals surface area contributed by atoms with Crippen molar-refractivity contribution >= 4 is 5.71 Å². The lowest BCUT2D eigenvalue weighted by Crippen LogP contribution is -2.15. The number of methoxy groups -OCH3 is 1. The minimum Gasteiger partial charge on any atom is -0.497 e. The second kappa shape index (κ2) is 6.58. The zero-order valence-electron chi connectivity index (χ0n) is 11.5. The Morgan fingerprint density at radius 2 is 1.83 bits per heavy atom. The number of ether oxygens (including phenoxy) is 1. The van der Waals surface area contributed by atoms with Gasteiger partial charge in [-0.3, -0.25) is 4.99 Å². The summed E-state index contributed by atoms with van der Waals surface area (Å²) in [6.45, 7) is 2.99. The molecule has 98 valence electrons. The summed E-state index contributed by atoms with van der Waals surface area (Å²) in [7, 11) is 1.69. The molecule has 0 heterocycles.